The summed E-state index contributed by atoms with van der Waals surface area (Å²) < 4.78 is 0. The number of pyridine rings is 1. The monoisotopic (exact) mass is 234 g/mol. The van der Waals surface area contributed by atoms with Crippen molar-refractivity contribution in [2.75, 3.05) is 7.05 Å². The number of hydrogen-bond donors (Lipinski definition) is 1. The number of aromatic nitrogens is 1. The van der Waals surface area contributed by atoms with Crippen molar-refractivity contribution in [1.29, 1.82) is 0 Å². The Morgan fingerprint density at radius 1 is 1.59 bits per heavy atom. The fourth-order valence-electron chi connectivity index (χ4n) is 2.19. The lowest BCUT2D eigenvalue weighted by Gasteiger charge is -2.35. The van der Waals surface area contributed by atoms with Gasteiger partial charge < -0.3 is 5.11 Å². The highest BCUT2D eigenvalue weighted by molar-refractivity contribution is 5.79. The minimum atomic E-state index is -0.766. The predicted octanol–water partition coefficient (Wildman–Crippen LogP) is 1.77. The molecule has 1 N–H and O–H groups in total. The molecule has 1 aliphatic rings. The van der Waals surface area contributed by atoms with Crippen LogP contribution < -0.4 is 0 Å². The van der Waals surface area contributed by atoms with Gasteiger partial charge in [-0.15, -0.1) is 0 Å². The van der Waals surface area contributed by atoms with Crippen molar-refractivity contribution in [3.63, 3.8) is 0 Å². The van der Waals surface area contributed by atoms with Crippen LogP contribution in [0.25, 0.3) is 0 Å². The molecule has 17 heavy (non-hydrogen) atoms. The summed E-state index contributed by atoms with van der Waals surface area (Å²) in [6, 6.07) is 5.71. The van der Waals surface area contributed by atoms with Crippen molar-refractivity contribution in [2.24, 2.45) is 5.92 Å². The third kappa shape index (κ3) is 2.31. The molecule has 0 aromatic carbocycles. The highest BCUT2D eigenvalue weighted by atomic mass is 16.4. The van der Waals surface area contributed by atoms with Crippen LogP contribution in [0, 0.1) is 5.92 Å². The predicted molar refractivity (Wildman–Crippen MR) is 64.5 cm³/mol. The molecule has 92 valence electrons. The van der Waals surface area contributed by atoms with Crippen LogP contribution in [-0.4, -0.2) is 33.5 Å². The van der Waals surface area contributed by atoms with Crippen LogP contribution in [0.3, 0.4) is 0 Å². The summed E-state index contributed by atoms with van der Waals surface area (Å²) in [4.78, 5) is 17.6. The maximum Gasteiger partial charge on any atom is 0.324 e. The van der Waals surface area contributed by atoms with Crippen LogP contribution in [0.1, 0.15) is 25.5 Å². The van der Waals surface area contributed by atoms with Crippen molar-refractivity contribution < 1.29 is 9.90 Å². The third-order valence-corrected chi connectivity index (χ3v) is 3.72. The molecule has 1 aliphatic carbocycles. The molecular formula is C13H18N2O2. The minimum absolute atomic E-state index is 0.272. The molecule has 1 unspecified atom stereocenters. The first-order valence-corrected chi connectivity index (χ1v) is 5.89. The number of carboxylic acids is 1. The highest BCUT2D eigenvalue weighted by Crippen LogP contribution is 2.43. The molecule has 0 bridgehead atoms. The largest absolute Gasteiger partial charge is 0.480 e. The van der Waals surface area contributed by atoms with Gasteiger partial charge in [-0.05, 0) is 44.9 Å². The van der Waals surface area contributed by atoms with E-state index < -0.39 is 11.5 Å². The maximum absolute atomic E-state index is 11.5. The first kappa shape index (κ1) is 12.0. The summed E-state index contributed by atoms with van der Waals surface area (Å²) in [5.74, 6) is -0.466. The molecule has 4 nitrogen and oxygen atoms in total. The van der Waals surface area contributed by atoms with Gasteiger partial charge in [0.2, 0.25) is 0 Å². The van der Waals surface area contributed by atoms with Gasteiger partial charge in [-0.2, -0.15) is 0 Å². The van der Waals surface area contributed by atoms with Gasteiger partial charge in [-0.25, -0.2) is 0 Å². The summed E-state index contributed by atoms with van der Waals surface area (Å²) in [6.45, 7) is 2.39. The van der Waals surface area contributed by atoms with Crippen molar-refractivity contribution >= 4 is 5.97 Å². The molecule has 1 aromatic heterocycles. The number of carboxylic acid groups (broad SMARTS) is 1. The van der Waals surface area contributed by atoms with E-state index in [-0.39, 0.29) is 5.92 Å². The standard InChI is InChI=1S/C13H18N2O2/c1-13(12(16)17,10-6-7-10)15(2)9-11-5-3-4-8-14-11/h3-5,8,10H,6-7,9H2,1-2H3,(H,16,17). The quantitative estimate of drug-likeness (QED) is 0.843. The van der Waals surface area contributed by atoms with E-state index >= 15 is 0 Å². The van der Waals surface area contributed by atoms with Crippen LogP contribution >= 0.6 is 0 Å². The van der Waals surface area contributed by atoms with E-state index in [4.69, 9.17) is 0 Å². The van der Waals surface area contributed by atoms with Gasteiger partial charge in [0.25, 0.3) is 0 Å². The van der Waals surface area contributed by atoms with E-state index in [1.54, 1.807) is 6.20 Å². The topological polar surface area (TPSA) is 53.4 Å². The molecule has 0 saturated heterocycles. The molecule has 0 spiro atoms. The Hall–Kier alpha value is -1.42. The molecule has 2 rings (SSSR count). The number of hydrogen-bond acceptors (Lipinski definition) is 3. The normalized spacial score (nSPS) is 19.0. The molecule has 1 aromatic rings. The SMILES string of the molecule is CN(Cc1ccccn1)C(C)(C(=O)O)C1CC1. The molecule has 4 heteroatoms. The average Bonchev–Trinajstić information content (AvgIpc) is 3.13. The van der Waals surface area contributed by atoms with E-state index in [2.05, 4.69) is 4.98 Å². The van der Waals surface area contributed by atoms with E-state index in [9.17, 15) is 9.90 Å². The first-order chi connectivity index (χ1) is 8.05. The van der Waals surface area contributed by atoms with Crippen molar-refractivity contribution in [3.05, 3.63) is 30.1 Å². The number of nitrogens with zero attached hydrogens (tertiary/aromatic N) is 2. The van der Waals surface area contributed by atoms with Crippen molar-refractivity contribution in [2.45, 2.75) is 31.8 Å². The Morgan fingerprint density at radius 2 is 2.29 bits per heavy atom. The van der Waals surface area contributed by atoms with Gasteiger partial charge in [0, 0.05) is 12.7 Å². The van der Waals surface area contributed by atoms with Gasteiger partial charge in [-0.1, -0.05) is 6.07 Å². The zero-order valence-electron chi connectivity index (χ0n) is 10.3. The molecule has 0 aliphatic heterocycles. The van der Waals surface area contributed by atoms with Crippen molar-refractivity contribution in [1.82, 2.24) is 9.88 Å². The maximum atomic E-state index is 11.5. The molecule has 0 amide bonds. The van der Waals surface area contributed by atoms with Gasteiger partial charge in [0.1, 0.15) is 5.54 Å². The van der Waals surface area contributed by atoms with Crippen molar-refractivity contribution in [3.8, 4) is 0 Å². The summed E-state index contributed by atoms with van der Waals surface area (Å²) in [5.41, 5.74) is 0.139. The minimum Gasteiger partial charge on any atom is -0.480 e. The Kier molecular flexibility index (Phi) is 3.15. The second-order valence-corrected chi connectivity index (χ2v) is 4.90. The van der Waals surface area contributed by atoms with Gasteiger partial charge in [-0.3, -0.25) is 14.7 Å². The summed E-state index contributed by atoms with van der Waals surface area (Å²) in [7, 11) is 1.86. The van der Waals surface area contributed by atoms with E-state index in [1.807, 2.05) is 37.1 Å². The van der Waals surface area contributed by atoms with Crippen LogP contribution in [-0.2, 0) is 11.3 Å². The number of carbonyl (C=O) groups is 1. The summed E-state index contributed by atoms with van der Waals surface area (Å²) in [6.07, 6.45) is 3.75. The smallest absolute Gasteiger partial charge is 0.324 e. The number of likely N-dealkylation sites (N-methyl/N-ethyl adjacent to an activating group) is 1. The lowest BCUT2D eigenvalue weighted by atomic mass is 9.94. The molecule has 1 fully saturated rings. The molecule has 0 radical (unpaired) electrons. The Morgan fingerprint density at radius 3 is 2.76 bits per heavy atom. The van der Waals surface area contributed by atoms with Gasteiger partial charge in [0.15, 0.2) is 0 Å². The van der Waals surface area contributed by atoms with Crippen LogP contribution in [0.5, 0.6) is 0 Å². The number of rotatable bonds is 5. The summed E-state index contributed by atoms with van der Waals surface area (Å²) >= 11 is 0. The van der Waals surface area contributed by atoms with Crippen LogP contribution in [0.15, 0.2) is 24.4 Å². The lowest BCUT2D eigenvalue weighted by Crippen LogP contribution is -2.52. The van der Waals surface area contributed by atoms with Crippen LogP contribution in [0.2, 0.25) is 0 Å². The van der Waals surface area contributed by atoms with Gasteiger partial charge in [0.05, 0.1) is 5.69 Å². The molecule has 1 heterocycles. The first-order valence-electron chi connectivity index (χ1n) is 5.89. The van der Waals surface area contributed by atoms with E-state index in [0.29, 0.717) is 6.54 Å². The molecular weight excluding hydrogens is 216 g/mol. The zero-order chi connectivity index (χ0) is 12.5. The van der Waals surface area contributed by atoms with Crippen LogP contribution in [0.4, 0.5) is 0 Å². The fourth-order valence-corrected chi connectivity index (χ4v) is 2.19. The third-order valence-electron chi connectivity index (χ3n) is 3.72. The number of aliphatic carboxylic acids is 1. The molecule has 1 atom stereocenters. The van der Waals surface area contributed by atoms with Gasteiger partial charge >= 0.3 is 5.97 Å². The summed E-state index contributed by atoms with van der Waals surface area (Å²) in [5, 5.41) is 9.43. The Labute approximate surface area is 101 Å². The zero-order valence-corrected chi connectivity index (χ0v) is 10.3. The van der Waals surface area contributed by atoms with E-state index in [0.717, 1.165) is 18.5 Å². The Balaban J connectivity index is 2.12. The highest BCUT2D eigenvalue weighted by Gasteiger charge is 2.50. The second-order valence-electron chi connectivity index (χ2n) is 4.90. The average molecular weight is 234 g/mol. The fraction of sp³-hybridized carbons (Fsp3) is 0.538. The lowest BCUT2D eigenvalue weighted by molar-refractivity contribution is -0.151. The molecule has 1 saturated carbocycles. The Bertz CT molecular complexity index is 403. The second kappa shape index (κ2) is 4.45. The van der Waals surface area contributed by atoms with E-state index in [1.165, 1.54) is 0 Å².